The fourth-order valence-electron chi connectivity index (χ4n) is 3.72. The summed E-state index contributed by atoms with van der Waals surface area (Å²) < 4.78 is 11.8. The van der Waals surface area contributed by atoms with E-state index in [1.54, 1.807) is 7.11 Å². The van der Waals surface area contributed by atoms with Crippen molar-refractivity contribution in [3.8, 4) is 11.5 Å². The summed E-state index contributed by atoms with van der Waals surface area (Å²) in [6, 6.07) is 26.7. The minimum Gasteiger partial charge on any atom is -0.497 e. The Labute approximate surface area is 158 Å². The second-order valence-electron chi connectivity index (χ2n) is 6.69. The number of hydrazine groups is 1. The molecule has 0 saturated heterocycles. The summed E-state index contributed by atoms with van der Waals surface area (Å²) in [5.41, 5.74) is 8.01. The van der Waals surface area contributed by atoms with Crippen LogP contribution in [0.4, 0.5) is 0 Å². The summed E-state index contributed by atoms with van der Waals surface area (Å²) in [6.07, 6.45) is 2.04. The fraction of sp³-hybridized carbons (Fsp3) is 0.130. The van der Waals surface area contributed by atoms with Crippen molar-refractivity contribution in [1.29, 1.82) is 0 Å². The van der Waals surface area contributed by atoms with Crippen molar-refractivity contribution >= 4 is 5.70 Å². The van der Waals surface area contributed by atoms with E-state index in [0.29, 0.717) is 0 Å². The number of fused-ring (bicyclic) bond motifs is 3. The Morgan fingerprint density at radius 2 is 1.67 bits per heavy atom. The molecule has 0 bridgehead atoms. The van der Waals surface area contributed by atoms with Gasteiger partial charge in [0.1, 0.15) is 11.5 Å². The number of hydrogen-bond donors (Lipinski definition) is 1. The molecule has 0 amide bonds. The molecule has 0 fully saturated rings. The maximum Gasteiger partial charge on any atom is 0.195 e. The highest BCUT2D eigenvalue weighted by atomic mass is 16.5. The summed E-state index contributed by atoms with van der Waals surface area (Å²) in [4.78, 5) is 0. The first kappa shape index (κ1) is 16.0. The molecule has 1 N–H and O–H groups in total. The van der Waals surface area contributed by atoms with Gasteiger partial charge < -0.3 is 14.9 Å². The van der Waals surface area contributed by atoms with Crippen LogP contribution in [-0.2, 0) is 0 Å². The van der Waals surface area contributed by atoms with Gasteiger partial charge in [-0.15, -0.1) is 0 Å². The van der Waals surface area contributed by atoms with Crippen LogP contribution in [0.15, 0.2) is 84.9 Å². The lowest BCUT2D eigenvalue weighted by atomic mass is 10.0. The molecule has 4 heteroatoms. The first-order valence-corrected chi connectivity index (χ1v) is 9.05. The van der Waals surface area contributed by atoms with Gasteiger partial charge in [0.05, 0.1) is 18.8 Å². The molecule has 0 radical (unpaired) electrons. The van der Waals surface area contributed by atoms with E-state index in [-0.39, 0.29) is 12.3 Å². The summed E-state index contributed by atoms with van der Waals surface area (Å²) in [7, 11) is 1.69. The molecule has 0 saturated carbocycles. The van der Waals surface area contributed by atoms with E-state index in [9.17, 15) is 0 Å². The van der Waals surface area contributed by atoms with Crippen molar-refractivity contribution in [2.45, 2.75) is 12.3 Å². The number of ether oxygens (including phenoxy) is 2. The third-order valence-corrected chi connectivity index (χ3v) is 5.07. The molecule has 5 rings (SSSR count). The number of rotatable bonds is 3. The van der Waals surface area contributed by atoms with Crippen LogP contribution in [-0.4, -0.2) is 12.1 Å². The van der Waals surface area contributed by atoms with E-state index in [1.807, 2.05) is 36.4 Å². The molecule has 2 aliphatic rings. The molecular formula is C23H20N2O2. The molecule has 2 atom stereocenters. The van der Waals surface area contributed by atoms with Crippen molar-refractivity contribution in [2.75, 3.05) is 7.11 Å². The zero-order chi connectivity index (χ0) is 18.2. The number of nitrogens with one attached hydrogen (secondary N) is 1. The van der Waals surface area contributed by atoms with Gasteiger partial charge in [0.25, 0.3) is 0 Å². The Morgan fingerprint density at radius 1 is 0.926 bits per heavy atom. The molecule has 0 unspecified atom stereocenters. The third kappa shape index (κ3) is 2.75. The predicted octanol–water partition coefficient (Wildman–Crippen LogP) is 4.69. The lowest BCUT2D eigenvalue weighted by Gasteiger charge is -2.39. The van der Waals surface area contributed by atoms with Crippen molar-refractivity contribution in [1.82, 2.24) is 10.4 Å². The average Bonchev–Trinajstić information content (AvgIpc) is 3.20. The Balaban J connectivity index is 1.61. The van der Waals surface area contributed by atoms with Gasteiger partial charge in [-0.2, -0.15) is 5.01 Å². The molecule has 27 heavy (non-hydrogen) atoms. The monoisotopic (exact) mass is 356 g/mol. The quantitative estimate of drug-likeness (QED) is 0.738. The van der Waals surface area contributed by atoms with Crippen LogP contribution in [0.25, 0.3) is 5.70 Å². The molecule has 3 aromatic rings. The van der Waals surface area contributed by atoms with Crippen molar-refractivity contribution < 1.29 is 9.47 Å². The highest BCUT2D eigenvalue weighted by Gasteiger charge is 2.40. The molecule has 0 aromatic heterocycles. The molecule has 3 aromatic carbocycles. The second kappa shape index (κ2) is 6.49. The van der Waals surface area contributed by atoms with E-state index >= 15 is 0 Å². The van der Waals surface area contributed by atoms with Gasteiger partial charge in [-0.25, -0.2) is 0 Å². The predicted molar refractivity (Wildman–Crippen MR) is 105 cm³/mol. The molecular weight excluding hydrogens is 336 g/mol. The smallest absolute Gasteiger partial charge is 0.195 e. The fourth-order valence-corrected chi connectivity index (χ4v) is 3.72. The maximum absolute atomic E-state index is 6.39. The summed E-state index contributed by atoms with van der Waals surface area (Å²) in [5.74, 6) is 1.72. The lowest BCUT2D eigenvalue weighted by Crippen LogP contribution is -2.43. The number of methoxy groups -OCH3 is 1. The van der Waals surface area contributed by atoms with Crippen LogP contribution >= 0.6 is 0 Å². The van der Waals surface area contributed by atoms with Gasteiger partial charge in [0, 0.05) is 11.1 Å². The van der Waals surface area contributed by atoms with Crippen molar-refractivity contribution in [3.63, 3.8) is 0 Å². The van der Waals surface area contributed by atoms with Crippen LogP contribution in [0, 0.1) is 0 Å². The van der Waals surface area contributed by atoms with Crippen LogP contribution in [0.1, 0.15) is 29.0 Å². The molecule has 0 spiro atoms. The second-order valence-corrected chi connectivity index (χ2v) is 6.69. The number of hydrogen-bond acceptors (Lipinski definition) is 4. The van der Waals surface area contributed by atoms with Crippen molar-refractivity contribution in [3.05, 3.63) is 102 Å². The van der Waals surface area contributed by atoms with E-state index in [4.69, 9.17) is 9.47 Å². The third-order valence-electron chi connectivity index (χ3n) is 5.07. The molecule has 2 aliphatic heterocycles. The van der Waals surface area contributed by atoms with Gasteiger partial charge in [0.2, 0.25) is 0 Å². The number of nitrogens with zero attached hydrogens (tertiary/aromatic N) is 1. The number of benzene rings is 3. The van der Waals surface area contributed by atoms with Gasteiger partial charge in [-0.1, -0.05) is 60.7 Å². The van der Waals surface area contributed by atoms with Crippen LogP contribution in [0.2, 0.25) is 0 Å². The van der Waals surface area contributed by atoms with Crippen LogP contribution < -0.4 is 14.9 Å². The lowest BCUT2D eigenvalue weighted by molar-refractivity contribution is -0.0327. The zero-order valence-corrected chi connectivity index (χ0v) is 15.0. The molecule has 2 heterocycles. The SMILES string of the molecule is COc1ccc2c(c1)[C@@H]1C=C(c3ccccc3)NN1[C@@H](c1ccccc1)O2. The zero-order valence-electron chi connectivity index (χ0n) is 15.0. The van der Waals surface area contributed by atoms with Crippen molar-refractivity contribution in [2.24, 2.45) is 0 Å². The average molecular weight is 356 g/mol. The summed E-state index contributed by atoms with van der Waals surface area (Å²) >= 11 is 0. The van der Waals surface area contributed by atoms with E-state index < -0.39 is 0 Å². The van der Waals surface area contributed by atoms with Gasteiger partial charge >= 0.3 is 0 Å². The van der Waals surface area contributed by atoms with Crippen LogP contribution in [0.3, 0.4) is 0 Å². The molecule has 0 aliphatic carbocycles. The summed E-state index contributed by atoms with van der Waals surface area (Å²) in [6.45, 7) is 0. The Hall–Kier alpha value is -3.24. The first-order chi connectivity index (χ1) is 13.3. The minimum absolute atomic E-state index is 0.0595. The van der Waals surface area contributed by atoms with E-state index in [2.05, 4.69) is 59.0 Å². The van der Waals surface area contributed by atoms with E-state index in [1.165, 1.54) is 0 Å². The Bertz CT molecular complexity index is 986. The Kier molecular flexibility index (Phi) is 3.84. The van der Waals surface area contributed by atoms with Gasteiger partial charge in [0.15, 0.2) is 6.23 Å². The Morgan fingerprint density at radius 3 is 2.41 bits per heavy atom. The van der Waals surface area contributed by atoms with Gasteiger partial charge in [-0.3, -0.25) is 0 Å². The topological polar surface area (TPSA) is 33.7 Å². The highest BCUT2D eigenvalue weighted by Crippen LogP contribution is 2.46. The standard InChI is InChI=1S/C23H20N2O2/c1-26-18-12-13-22-19(14-18)21-15-20(16-8-4-2-5-9-16)24-25(21)23(27-22)17-10-6-3-7-11-17/h2-15,21,23-24H,1H3/t21-,23+/m0/s1. The largest absolute Gasteiger partial charge is 0.497 e. The molecule has 4 nitrogen and oxygen atoms in total. The maximum atomic E-state index is 6.39. The summed E-state index contributed by atoms with van der Waals surface area (Å²) in [5, 5.41) is 2.17. The normalized spacial score (nSPS) is 20.7. The first-order valence-electron chi connectivity index (χ1n) is 9.05. The van der Waals surface area contributed by atoms with E-state index in [0.717, 1.165) is 33.9 Å². The van der Waals surface area contributed by atoms with Crippen LogP contribution in [0.5, 0.6) is 11.5 Å². The molecule has 134 valence electrons. The van der Waals surface area contributed by atoms with Gasteiger partial charge in [-0.05, 0) is 29.8 Å². The minimum atomic E-state index is -0.213. The highest BCUT2D eigenvalue weighted by molar-refractivity contribution is 5.67.